The molecule has 1 N–H and O–H groups in total. The van der Waals surface area contributed by atoms with Crippen LogP contribution in [0.3, 0.4) is 0 Å². The van der Waals surface area contributed by atoms with Gasteiger partial charge in [-0.25, -0.2) is 0 Å². The molecular formula is C14H14O2. The summed E-state index contributed by atoms with van der Waals surface area (Å²) in [6.07, 6.45) is 0. The molecule has 0 radical (unpaired) electrons. The van der Waals surface area contributed by atoms with Crippen LogP contribution in [0.5, 0.6) is 11.5 Å². The maximum atomic E-state index is 9.92. The van der Waals surface area contributed by atoms with E-state index < -0.39 is 0 Å². The molecule has 0 aliphatic carbocycles. The highest BCUT2D eigenvalue weighted by Crippen LogP contribution is 2.33. The first-order valence-corrected chi connectivity index (χ1v) is 5.15. The standard InChI is InChI=1S/C14H14O2/c1-10-5-3-4-6-12(10)13-8-7-11(16-2)9-14(13)15/h3-9,15H,1-2H3. The van der Waals surface area contributed by atoms with Gasteiger partial charge in [0.1, 0.15) is 11.5 Å². The third kappa shape index (κ3) is 1.87. The summed E-state index contributed by atoms with van der Waals surface area (Å²) in [5.74, 6) is 0.906. The molecule has 0 heterocycles. The minimum Gasteiger partial charge on any atom is -0.507 e. The van der Waals surface area contributed by atoms with Crippen molar-refractivity contribution in [2.45, 2.75) is 6.92 Å². The van der Waals surface area contributed by atoms with Crippen LogP contribution >= 0.6 is 0 Å². The molecule has 0 saturated carbocycles. The average molecular weight is 214 g/mol. The zero-order valence-corrected chi connectivity index (χ0v) is 9.40. The third-order valence-electron chi connectivity index (χ3n) is 2.64. The van der Waals surface area contributed by atoms with Gasteiger partial charge in [0.25, 0.3) is 0 Å². The molecule has 16 heavy (non-hydrogen) atoms. The number of hydrogen-bond acceptors (Lipinski definition) is 2. The number of aromatic hydroxyl groups is 1. The molecule has 0 fully saturated rings. The number of phenols is 1. The third-order valence-corrected chi connectivity index (χ3v) is 2.64. The van der Waals surface area contributed by atoms with Crippen molar-refractivity contribution in [2.75, 3.05) is 7.11 Å². The molecule has 2 heteroatoms. The Bertz CT molecular complexity index is 504. The average Bonchev–Trinajstić information content (AvgIpc) is 2.30. The van der Waals surface area contributed by atoms with Crippen LogP contribution in [0.25, 0.3) is 11.1 Å². The number of aryl methyl sites for hydroxylation is 1. The Hall–Kier alpha value is -1.96. The van der Waals surface area contributed by atoms with E-state index in [0.29, 0.717) is 5.75 Å². The summed E-state index contributed by atoms with van der Waals surface area (Å²) < 4.78 is 5.06. The van der Waals surface area contributed by atoms with Gasteiger partial charge in [-0.3, -0.25) is 0 Å². The van der Waals surface area contributed by atoms with Crippen LogP contribution in [0.2, 0.25) is 0 Å². The van der Waals surface area contributed by atoms with E-state index in [1.54, 1.807) is 13.2 Å². The molecule has 0 aromatic heterocycles. The predicted octanol–water partition coefficient (Wildman–Crippen LogP) is 3.38. The normalized spacial score (nSPS) is 10.1. The Labute approximate surface area is 95.1 Å². The van der Waals surface area contributed by atoms with Crippen molar-refractivity contribution in [3.63, 3.8) is 0 Å². The van der Waals surface area contributed by atoms with Gasteiger partial charge in [-0.2, -0.15) is 0 Å². The zero-order chi connectivity index (χ0) is 11.5. The van der Waals surface area contributed by atoms with Gasteiger partial charge < -0.3 is 9.84 Å². The molecule has 0 unspecified atom stereocenters. The molecule has 2 aromatic carbocycles. The maximum Gasteiger partial charge on any atom is 0.127 e. The van der Waals surface area contributed by atoms with Crippen LogP contribution in [0.1, 0.15) is 5.56 Å². The maximum absolute atomic E-state index is 9.92. The number of hydrogen-bond donors (Lipinski definition) is 1. The van der Waals surface area contributed by atoms with Crippen LogP contribution in [-0.2, 0) is 0 Å². The molecule has 0 aliphatic rings. The van der Waals surface area contributed by atoms with Crippen LogP contribution in [0.15, 0.2) is 42.5 Å². The number of methoxy groups -OCH3 is 1. The van der Waals surface area contributed by atoms with Gasteiger partial charge in [-0.1, -0.05) is 24.3 Å². The quantitative estimate of drug-likeness (QED) is 0.830. The molecule has 0 saturated heterocycles. The van der Waals surface area contributed by atoms with Gasteiger partial charge in [0, 0.05) is 11.6 Å². The highest BCUT2D eigenvalue weighted by molar-refractivity contribution is 5.73. The van der Waals surface area contributed by atoms with E-state index in [-0.39, 0.29) is 5.75 Å². The molecule has 2 rings (SSSR count). The van der Waals surface area contributed by atoms with E-state index >= 15 is 0 Å². The Balaban J connectivity index is 2.53. The Kier molecular flexibility index (Phi) is 2.82. The fraction of sp³-hybridized carbons (Fsp3) is 0.143. The Morgan fingerprint density at radius 2 is 1.75 bits per heavy atom. The van der Waals surface area contributed by atoms with Gasteiger partial charge >= 0.3 is 0 Å². The van der Waals surface area contributed by atoms with Crippen molar-refractivity contribution >= 4 is 0 Å². The fourth-order valence-electron chi connectivity index (χ4n) is 1.74. The van der Waals surface area contributed by atoms with Crippen molar-refractivity contribution in [1.82, 2.24) is 0 Å². The highest BCUT2D eigenvalue weighted by Gasteiger charge is 2.07. The number of benzene rings is 2. The fourth-order valence-corrected chi connectivity index (χ4v) is 1.74. The van der Waals surface area contributed by atoms with Gasteiger partial charge in [0.05, 0.1) is 7.11 Å². The van der Waals surface area contributed by atoms with Gasteiger partial charge in [-0.15, -0.1) is 0 Å². The molecule has 0 spiro atoms. The van der Waals surface area contributed by atoms with E-state index in [1.807, 2.05) is 43.3 Å². The second-order valence-electron chi connectivity index (χ2n) is 3.70. The first-order chi connectivity index (χ1) is 7.72. The van der Waals surface area contributed by atoms with Crippen LogP contribution in [0.4, 0.5) is 0 Å². The second kappa shape index (κ2) is 4.27. The number of rotatable bonds is 2. The van der Waals surface area contributed by atoms with Gasteiger partial charge in [0.15, 0.2) is 0 Å². The number of phenolic OH excluding ortho intramolecular Hbond substituents is 1. The lowest BCUT2D eigenvalue weighted by Crippen LogP contribution is -1.86. The lowest BCUT2D eigenvalue weighted by atomic mass is 10.00. The lowest BCUT2D eigenvalue weighted by Gasteiger charge is -2.09. The molecule has 82 valence electrons. The molecule has 2 nitrogen and oxygen atoms in total. The van der Waals surface area contributed by atoms with Crippen LogP contribution in [-0.4, -0.2) is 12.2 Å². The molecule has 0 aliphatic heterocycles. The van der Waals surface area contributed by atoms with Crippen molar-refractivity contribution in [3.05, 3.63) is 48.0 Å². The second-order valence-corrected chi connectivity index (χ2v) is 3.70. The van der Waals surface area contributed by atoms with E-state index in [9.17, 15) is 5.11 Å². The predicted molar refractivity (Wildman–Crippen MR) is 64.8 cm³/mol. The minimum absolute atomic E-state index is 0.244. The van der Waals surface area contributed by atoms with Crippen molar-refractivity contribution < 1.29 is 9.84 Å². The van der Waals surface area contributed by atoms with Crippen LogP contribution < -0.4 is 4.74 Å². The van der Waals surface area contributed by atoms with E-state index in [1.165, 1.54) is 0 Å². The lowest BCUT2D eigenvalue weighted by molar-refractivity contribution is 0.408. The molecular weight excluding hydrogens is 200 g/mol. The minimum atomic E-state index is 0.244. The first-order valence-electron chi connectivity index (χ1n) is 5.15. The Morgan fingerprint density at radius 1 is 1.00 bits per heavy atom. The van der Waals surface area contributed by atoms with Gasteiger partial charge in [0.2, 0.25) is 0 Å². The first kappa shape index (κ1) is 10.6. The summed E-state index contributed by atoms with van der Waals surface area (Å²) >= 11 is 0. The van der Waals surface area contributed by atoms with E-state index in [4.69, 9.17) is 4.74 Å². The molecule has 2 aromatic rings. The van der Waals surface area contributed by atoms with Crippen molar-refractivity contribution in [1.29, 1.82) is 0 Å². The smallest absolute Gasteiger partial charge is 0.127 e. The largest absolute Gasteiger partial charge is 0.507 e. The molecule has 0 atom stereocenters. The van der Waals surface area contributed by atoms with Crippen molar-refractivity contribution in [2.24, 2.45) is 0 Å². The van der Waals surface area contributed by atoms with E-state index in [0.717, 1.165) is 16.7 Å². The summed E-state index contributed by atoms with van der Waals surface area (Å²) in [6.45, 7) is 2.03. The SMILES string of the molecule is COc1ccc(-c2ccccc2C)c(O)c1. The Morgan fingerprint density at radius 3 is 2.38 bits per heavy atom. The monoisotopic (exact) mass is 214 g/mol. The molecule has 0 bridgehead atoms. The summed E-state index contributed by atoms with van der Waals surface area (Å²) in [7, 11) is 1.59. The summed E-state index contributed by atoms with van der Waals surface area (Å²) in [5, 5.41) is 9.92. The highest BCUT2D eigenvalue weighted by atomic mass is 16.5. The molecule has 0 amide bonds. The van der Waals surface area contributed by atoms with Crippen LogP contribution in [0, 0.1) is 6.92 Å². The topological polar surface area (TPSA) is 29.5 Å². The van der Waals surface area contributed by atoms with E-state index in [2.05, 4.69) is 0 Å². The summed E-state index contributed by atoms with van der Waals surface area (Å²) in [5.41, 5.74) is 3.02. The summed E-state index contributed by atoms with van der Waals surface area (Å²) in [4.78, 5) is 0. The van der Waals surface area contributed by atoms with Crippen molar-refractivity contribution in [3.8, 4) is 22.6 Å². The zero-order valence-electron chi connectivity index (χ0n) is 9.40. The summed E-state index contributed by atoms with van der Waals surface area (Å²) in [6, 6.07) is 13.3. The van der Waals surface area contributed by atoms with Gasteiger partial charge in [-0.05, 0) is 30.2 Å². The number of ether oxygens (including phenoxy) is 1.